The number of aliphatic carboxylic acids is 1. The van der Waals surface area contributed by atoms with Crippen molar-refractivity contribution in [2.45, 2.75) is 122 Å². The van der Waals surface area contributed by atoms with Crippen LogP contribution in [0.25, 0.3) is 0 Å². The molecule has 0 radical (unpaired) electrons. The Bertz CT molecular complexity index is 1110. The third-order valence-electron chi connectivity index (χ3n) is 12.3. The van der Waals surface area contributed by atoms with Crippen LogP contribution in [0.1, 0.15) is 97.8 Å². The monoisotopic (exact) mass is 661 g/mol. The summed E-state index contributed by atoms with van der Waals surface area (Å²) in [5, 5.41) is 44.1. The van der Waals surface area contributed by atoms with Gasteiger partial charge in [-0.3, -0.25) is 14.1 Å². The number of fused-ring (bicyclic) bond motifs is 5. The normalized spacial score (nSPS) is 38.9. The summed E-state index contributed by atoms with van der Waals surface area (Å²) in [6.07, 6.45) is 7.83. The molecule has 1 amide bonds. The van der Waals surface area contributed by atoms with Crippen LogP contribution in [0.4, 0.5) is 0 Å². The van der Waals surface area contributed by atoms with Gasteiger partial charge in [0.25, 0.3) is 10.1 Å². The molecule has 0 aliphatic heterocycles. The lowest BCUT2D eigenvalue weighted by atomic mass is 9.43. The molecule has 4 aliphatic carbocycles. The number of rotatable bonds is 12. The van der Waals surface area contributed by atoms with E-state index in [0.29, 0.717) is 31.7 Å². The first-order valence-corrected chi connectivity index (χ1v) is 18.5. The van der Waals surface area contributed by atoms with E-state index in [9.17, 15) is 33.3 Å². The predicted molar refractivity (Wildman–Crippen MR) is 170 cm³/mol. The molecule has 0 spiro atoms. The number of nitrogens with one attached hydrogen (secondary N) is 1. The van der Waals surface area contributed by atoms with E-state index < -0.39 is 40.1 Å². The minimum absolute atomic E-state index is 0.0509. The Balaban J connectivity index is 0.000000477. The Morgan fingerprint density at radius 2 is 1.69 bits per heavy atom. The largest absolute Gasteiger partial charge is 0.480 e. The number of hydrogen-bond donors (Lipinski definition) is 8. The van der Waals surface area contributed by atoms with Crippen LogP contribution in [-0.2, 0) is 19.7 Å². The molecule has 0 aromatic rings. The maximum atomic E-state index is 12.2. The Labute approximate surface area is 268 Å². The van der Waals surface area contributed by atoms with Crippen molar-refractivity contribution in [3.8, 4) is 0 Å². The van der Waals surface area contributed by atoms with Crippen molar-refractivity contribution in [2.24, 2.45) is 57.8 Å². The highest BCUT2D eigenvalue weighted by Crippen LogP contribution is 2.68. The molecular formula is C32H59N3O9S. The number of carboxylic acid groups (broad SMARTS) is 1. The highest BCUT2D eigenvalue weighted by Gasteiger charge is 2.65. The second-order valence-corrected chi connectivity index (χ2v) is 16.5. The lowest BCUT2D eigenvalue weighted by Gasteiger charge is -2.63. The van der Waals surface area contributed by atoms with Crippen molar-refractivity contribution in [3.05, 3.63) is 0 Å². The fourth-order valence-electron chi connectivity index (χ4n) is 9.73. The minimum atomic E-state index is -4.10. The van der Waals surface area contributed by atoms with Gasteiger partial charge in [-0.05, 0) is 117 Å². The van der Waals surface area contributed by atoms with Crippen molar-refractivity contribution in [2.75, 3.05) is 18.8 Å². The number of nitrogens with two attached hydrogens (primary N) is 2. The van der Waals surface area contributed by atoms with Crippen LogP contribution in [0.5, 0.6) is 0 Å². The van der Waals surface area contributed by atoms with Gasteiger partial charge in [0.2, 0.25) is 5.91 Å². The van der Waals surface area contributed by atoms with Crippen LogP contribution in [0, 0.1) is 46.3 Å². The van der Waals surface area contributed by atoms with E-state index in [1.165, 1.54) is 0 Å². The van der Waals surface area contributed by atoms with E-state index in [-0.39, 0.29) is 65.4 Å². The second kappa shape index (κ2) is 15.7. The summed E-state index contributed by atoms with van der Waals surface area (Å²) in [5.74, 6) is -0.228. The summed E-state index contributed by atoms with van der Waals surface area (Å²) in [4.78, 5) is 22.3. The molecule has 262 valence electrons. The summed E-state index contributed by atoms with van der Waals surface area (Å²) < 4.78 is 30.5. The van der Waals surface area contributed by atoms with Gasteiger partial charge in [0.05, 0.1) is 24.1 Å². The van der Waals surface area contributed by atoms with Crippen LogP contribution in [-0.4, -0.2) is 88.5 Å². The number of carbonyl (C=O) groups is 2. The zero-order chi connectivity index (χ0) is 33.7. The van der Waals surface area contributed by atoms with E-state index in [2.05, 4.69) is 26.1 Å². The maximum absolute atomic E-state index is 12.2. The van der Waals surface area contributed by atoms with Crippen LogP contribution >= 0.6 is 0 Å². The van der Waals surface area contributed by atoms with Gasteiger partial charge in [0.1, 0.15) is 6.04 Å². The molecule has 4 unspecified atom stereocenters. The number of aliphatic hydroxyl groups is 3. The maximum Gasteiger partial charge on any atom is 0.320 e. The molecule has 4 saturated carbocycles. The van der Waals surface area contributed by atoms with E-state index in [1.807, 2.05) is 0 Å². The molecule has 4 rings (SSSR count). The lowest BCUT2D eigenvalue weighted by Crippen LogP contribution is -2.62. The van der Waals surface area contributed by atoms with E-state index in [0.717, 1.165) is 51.4 Å². The number of hydrogen-bond acceptors (Lipinski definition) is 9. The van der Waals surface area contributed by atoms with E-state index in [4.69, 9.17) is 21.1 Å². The van der Waals surface area contributed by atoms with Crippen molar-refractivity contribution in [3.63, 3.8) is 0 Å². The third-order valence-corrected chi connectivity index (χ3v) is 13.0. The summed E-state index contributed by atoms with van der Waals surface area (Å²) >= 11 is 0. The van der Waals surface area contributed by atoms with Gasteiger partial charge in [0, 0.05) is 13.0 Å². The fraction of sp³-hybridized carbons (Fsp3) is 0.938. The SMILES string of the molecule is C[C@H](CCC(=O)NCCS(=O)(=O)O)[C@H]1CCC2C3C(C[C@H](O)[C@@]21C)[C@@]1(C)CC[C@@H](O)CC1C[C@H]3O.NCCCC[C@H](N)C(=O)O. The Morgan fingerprint density at radius 3 is 2.31 bits per heavy atom. The van der Waals surface area contributed by atoms with Gasteiger partial charge in [-0.15, -0.1) is 0 Å². The summed E-state index contributed by atoms with van der Waals surface area (Å²) in [5.41, 5.74) is 10.2. The van der Waals surface area contributed by atoms with Crippen LogP contribution < -0.4 is 16.8 Å². The van der Waals surface area contributed by atoms with Gasteiger partial charge in [-0.25, -0.2) is 0 Å². The van der Waals surface area contributed by atoms with Gasteiger partial charge in [-0.2, -0.15) is 8.42 Å². The van der Waals surface area contributed by atoms with Crippen LogP contribution in [0.2, 0.25) is 0 Å². The Kier molecular flexibility index (Phi) is 13.3. The first-order valence-electron chi connectivity index (χ1n) is 16.9. The molecule has 0 heterocycles. The molecule has 10 N–H and O–H groups in total. The Morgan fingerprint density at radius 1 is 1.00 bits per heavy atom. The van der Waals surface area contributed by atoms with Crippen LogP contribution in [0.15, 0.2) is 0 Å². The summed E-state index contributed by atoms with van der Waals surface area (Å²) in [6.45, 7) is 7.17. The van der Waals surface area contributed by atoms with Gasteiger partial charge >= 0.3 is 5.97 Å². The highest BCUT2D eigenvalue weighted by atomic mass is 32.2. The smallest absolute Gasteiger partial charge is 0.320 e. The molecule has 12 nitrogen and oxygen atoms in total. The lowest BCUT2D eigenvalue weighted by molar-refractivity contribution is -0.207. The average molecular weight is 662 g/mol. The highest BCUT2D eigenvalue weighted by molar-refractivity contribution is 7.85. The van der Waals surface area contributed by atoms with Crippen molar-refractivity contribution in [1.82, 2.24) is 5.32 Å². The van der Waals surface area contributed by atoms with Crippen molar-refractivity contribution in [1.29, 1.82) is 0 Å². The quantitative estimate of drug-likeness (QED) is 0.111. The topological polar surface area (TPSA) is 234 Å². The van der Waals surface area contributed by atoms with Crippen molar-refractivity contribution >= 4 is 22.0 Å². The number of carboxylic acids is 1. The van der Waals surface area contributed by atoms with Gasteiger partial charge < -0.3 is 37.2 Å². The first-order chi connectivity index (χ1) is 21.0. The predicted octanol–water partition coefficient (Wildman–Crippen LogP) is 1.90. The summed E-state index contributed by atoms with van der Waals surface area (Å²) in [6, 6.07) is -0.716. The molecule has 12 atom stereocenters. The number of unbranched alkanes of at least 4 members (excludes halogenated alkanes) is 1. The first kappa shape index (κ1) is 38.1. The zero-order valence-corrected chi connectivity index (χ0v) is 28.1. The molecule has 13 heteroatoms. The molecule has 0 aromatic carbocycles. The van der Waals surface area contributed by atoms with Gasteiger partial charge in [-0.1, -0.05) is 27.2 Å². The fourth-order valence-corrected chi connectivity index (χ4v) is 10.1. The standard InChI is InChI=1S/C26H45NO7S.C6H14N2O2/c1-15(4-7-23(31)27-10-11-35(32,33)34)18-5-6-19-24-20(14-22(30)26(18,19)3)25(2)9-8-17(28)12-16(25)13-21(24)29;7-4-2-1-3-5(8)6(9)10/h15-22,24,28-30H,4-14H2,1-3H3,(H,27,31)(H,32,33,34);5H,1-4,7-8H2,(H,9,10)/t15-,16?,17-,18-,19?,20?,21-,22+,24?,25+,26-;5-/m10/s1. The molecule has 4 aliphatic rings. The molecule has 45 heavy (non-hydrogen) atoms. The second-order valence-electron chi connectivity index (χ2n) is 14.9. The van der Waals surface area contributed by atoms with E-state index >= 15 is 0 Å². The third kappa shape index (κ3) is 8.97. The van der Waals surface area contributed by atoms with Crippen LogP contribution in [0.3, 0.4) is 0 Å². The molecule has 0 bridgehead atoms. The number of amides is 1. The summed E-state index contributed by atoms with van der Waals surface area (Å²) in [7, 11) is -4.10. The number of carbonyl (C=O) groups excluding carboxylic acids is 1. The van der Waals surface area contributed by atoms with Gasteiger partial charge in [0.15, 0.2) is 0 Å². The average Bonchev–Trinajstić information content (AvgIpc) is 3.31. The zero-order valence-electron chi connectivity index (χ0n) is 27.3. The Hall–Kier alpha value is -1.35. The molecule has 0 saturated heterocycles. The van der Waals surface area contributed by atoms with Crippen molar-refractivity contribution < 1.29 is 43.0 Å². The van der Waals surface area contributed by atoms with E-state index in [1.54, 1.807) is 0 Å². The minimum Gasteiger partial charge on any atom is -0.480 e. The molecular weight excluding hydrogens is 602 g/mol. The number of aliphatic hydroxyl groups excluding tert-OH is 3. The molecule has 0 aromatic heterocycles. The molecule has 4 fully saturated rings.